The Kier molecular flexibility index (Phi) is 4.17. The lowest BCUT2D eigenvalue weighted by molar-refractivity contribution is -0.136. The molecular formula is C13H16F3N3O. The summed E-state index contributed by atoms with van der Waals surface area (Å²) < 4.78 is 38.5. The van der Waals surface area contributed by atoms with Crippen molar-refractivity contribution in [2.24, 2.45) is 0 Å². The van der Waals surface area contributed by atoms with Gasteiger partial charge in [0.25, 0.3) is 0 Å². The number of nitrogens with one attached hydrogen (secondary N) is 2. The van der Waals surface area contributed by atoms with Gasteiger partial charge in [-0.25, -0.2) is 4.79 Å². The van der Waals surface area contributed by atoms with Gasteiger partial charge < -0.3 is 15.5 Å². The summed E-state index contributed by atoms with van der Waals surface area (Å²) in [5.41, 5.74) is -1.06. The normalized spacial score (nSPS) is 18.9. The Bertz CT molecular complexity index is 484. The van der Waals surface area contributed by atoms with Gasteiger partial charge in [0, 0.05) is 19.6 Å². The Morgan fingerprint density at radius 1 is 1.40 bits per heavy atom. The summed E-state index contributed by atoms with van der Waals surface area (Å²) in [5, 5.41) is 5.44. The minimum atomic E-state index is -4.49. The van der Waals surface area contributed by atoms with E-state index in [0.717, 1.165) is 19.0 Å². The van der Waals surface area contributed by atoms with Crippen LogP contribution in [0, 0.1) is 0 Å². The first-order valence-electron chi connectivity index (χ1n) is 6.30. The maximum Gasteiger partial charge on any atom is 0.418 e. The van der Waals surface area contributed by atoms with E-state index in [2.05, 4.69) is 10.6 Å². The second kappa shape index (κ2) is 5.70. The quantitative estimate of drug-likeness (QED) is 0.878. The number of hydrogen-bond acceptors (Lipinski definition) is 2. The molecule has 0 spiro atoms. The molecule has 0 bridgehead atoms. The number of nitrogens with zero attached hydrogens (tertiary/aromatic N) is 1. The van der Waals surface area contributed by atoms with Gasteiger partial charge in [0.1, 0.15) is 0 Å². The number of carbonyl (C=O) groups excluding carboxylic acids is 1. The van der Waals surface area contributed by atoms with E-state index in [0.29, 0.717) is 6.54 Å². The fourth-order valence-corrected chi connectivity index (χ4v) is 2.18. The highest BCUT2D eigenvalue weighted by atomic mass is 19.4. The summed E-state index contributed by atoms with van der Waals surface area (Å²) in [5.74, 6) is 0. The molecule has 7 heteroatoms. The molecule has 110 valence electrons. The van der Waals surface area contributed by atoms with Gasteiger partial charge >= 0.3 is 12.2 Å². The Morgan fingerprint density at radius 2 is 2.10 bits per heavy atom. The van der Waals surface area contributed by atoms with Gasteiger partial charge in [0.2, 0.25) is 0 Å². The van der Waals surface area contributed by atoms with Crippen LogP contribution in [0.3, 0.4) is 0 Å². The third kappa shape index (κ3) is 3.22. The van der Waals surface area contributed by atoms with Crippen molar-refractivity contribution in [3.05, 3.63) is 29.8 Å². The van der Waals surface area contributed by atoms with Crippen LogP contribution in [0.15, 0.2) is 24.3 Å². The Hall–Kier alpha value is -1.76. The Morgan fingerprint density at radius 3 is 2.70 bits per heavy atom. The molecule has 20 heavy (non-hydrogen) atoms. The third-order valence-corrected chi connectivity index (χ3v) is 3.38. The fourth-order valence-electron chi connectivity index (χ4n) is 2.18. The van der Waals surface area contributed by atoms with Crippen LogP contribution in [-0.4, -0.2) is 37.1 Å². The fraction of sp³-hybridized carbons (Fsp3) is 0.462. The molecule has 4 nitrogen and oxygen atoms in total. The molecule has 0 aromatic heterocycles. The Labute approximate surface area is 114 Å². The summed E-state index contributed by atoms with van der Waals surface area (Å²) in [4.78, 5) is 13.4. The number of benzene rings is 1. The number of likely N-dealkylation sites (N-methyl/N-ethyl adjacent to an activating group) is 1. The third-order valence-electron chi connectivity index (χ3n) is 3.38. The van der Waals surface area contributed by atoms with Crippen molar-refractivity contribution in [2.75, 3.05) is 25.5 Å². The first kappa shape index (κ1) is 14.6. The minimum Gasteiger partial charge on any atom is -0.323 e. The molecule has 0 radical (unpaired) electrons. The van der Waals surface area contributed by atoms with E-state index < -0.39 is 17.8 Å². The average molecular weight is 287 g/mol. The topological polar surface area (TPSA) is 44.4 Å². The smallest absolute Gasteiger partial charge is 0.323 e. The molecule has 1 fully saturated rings. The largest absolute Gasteiger partial charge is 0.418 e. The van der Waals surface area contributed by atoms with Crippen molar-refractivity contribution in [2.45, 2.75) is 18.6 Å². The van der Waals surface area contributed by atoms with Crippen LogP contribution in [0.4, 0.5) is 23.7 Å². The number of rotatable bonds is 2. The van der Waals surface area contributed by atoms with Gasteiger partial charge in [-0.1, -0.05) is 12.1 Å². The molecule has 1 aromatic carbocycles. The van der Waals surface area contributed by atoms with E-state index in [1.54, 1.807) is 7.05 Å². The van der Waals surface area contributed by atoms with E-state index in [9.17, 15) is 18.0 Å². The van der Waals surface area contributed by atoms with E-state index in [-0.39, 0.29) is 11.7 Å². The predicted molar refractivity (Wildman–Crippen MR) is 69.5 cm³/mol. The average Bonchev–Trinajstić information content (AvgIpc) is 2.91. The summed E-state index contributed by atoms with van der Waals surface area (Å²) in [6.45, 7) is 1.46. The second-order valence-electron chi connectivity index (χ2n) is 4.73. The van der Waals surface area contributed by atoms with Gasteiger partial charge in [-0.3, -0.25) is 0 Å². The van der Waals surface area contributed by atoms with Gasteiger partial charge in [0.05, 0.1) is 11.3 Å². The number of para-hydroxylation sites is 1. The van der Waals surface area contributed by atoms with Crippen molar-refractivity contribution in [1.82, 2.24) is 10.2 Å². The Balaban J connectivity index is 2.11. The van der Waals surface area contributed by atoms with Crippen LogP contribution in [0.1, 0.15) is 12.0 Å². The molecule has 1 unspecified atom stereocenters. The highest BCUT2D eigenvalue weighted by Crippen LogP contribution is 2.34. The van der Waals surface area contributed by atoms with Crippen molar-refractivity contribution >= 4 is 11.7 Å². The zero-order valence-electron chi connectivity index (χ0n) is 11.0. The highest BCUT2D eigenvalue weighted by molar-refractivity contribution is 5.90. The van der Waals surface area contributed by atoms with E-state index >= 15 is 0 Å². The van der Waals surface area contributed by atoms with Crippen LogP contribution >= 0.6 is 0 Å². The van der Waals surface area contributed by atoms with Crippen LogP contribution < -0.4 is 10.6 Å². The minimum absolute atomic E-state index is 0.00745. The maximum absolute atomic E-state index is 12.8. The number of halogens is 3. The highest BCUT2D eigenvalue weighted by Gasteiger charge is 2.34. The number of urea groups is 1. The van der Waals surface area contributed by atoms with Gasteiger partial charge in [0.15, 0.2) is 0 Å². The van der Waals surface area contributed by atoms with E-state index in [1.807, 2.05) is 0 Å². The van der Waals surface area contributed by atoms with Crippen LogP contribution in [0.5, 0.6) is 0 Å². The molecule has 2 amide bonds. The SMILES string of the molecule is CN(C(=O)Nc1ccccc1C(F)(F)F)C1CCNC1. The molecule has 1 aliphatic heterocycles. The van der Waals surface area contributed by atoms with E-state index in [4.69, 9.17) is 0 Å². The molecule has 1 aromatic rings. The monoisotopic (exact) mass is 287 g/mol. The molecule has 2 rings (SSSR count). The summed E-state index contributed by atoms with van der Waals surface area (Å²) in [7, 11) is 1.59. The first-order valence-corrected chi connectivity index (χ1v) is 6.30. The molecule has 1 saturated heterocycles. The van der Waals surface area contributed by atoms with Crippen molar-refractivity contribution in [1.29, 1.82) is 0 Å². The van der Waals surface area contributed by atoms with Gasteiger partial charge in [-0.2, -0.15) is 13.2 Å². The number of carbonyl (C=O) groups is 1. The van der Waals surface area contributed by atoms with Gasteiger partial charge in [-0.05, 0) is 25.1 Å². The predicted octanol–water partition coefficient (Wildman–Crippen LogP) is 2.53. The van der Waals surface area contributed by atoms with Crippen molar-refractivity contribution in [3.8, 4) is 0 Å². The molecule has 2 N–H and O–H groups in total. The molecule has 0 saturated carbocycles. The van der Waals surface area contributed by atoms with Crippen LogP contribution in [0.25, 0.3) is 0 Å². The lowest BCUT2D eigenvalue weighted by Crippen LogP contribution is -2.41. The standard InChI is InChI=1S/C13H16F3N3O/c1-19(9-6-7-17-8-9)12(20)18-11-5-3-2-4-10(11)13(14,15)16/h2-5,9,17H,6-8H2,1H3,(H,18,20). The number of anilines is 1. The molecule has 1 aliphatic rings. The first-order chi connectivity index (χ1) is 9.39. The van der Waals surface area contributed by atoms with Gasteiger partial charge in [-0.15, -0.1) is 0 Å². The number of hydrogen-bond donors (Lipinski definition) is 2. The summed E-state index contributed by atoms with van der Waals surface area (Å²) >= 11 is 0. The van der Waals surface area contributed by atoms with Crippen molar-refractivity contribution in [3.63, 3.8) is 0 Å². The lowest BCUT2D eigenvalue weighted by Gasteiger charge is -2.24. The second-order valence-corrected chi connectivity index (χ2v) is 4.73. The van der Waals surface area contributed by atoms with E-state index in [1.165, 1.54) is 23.1 Å². The van der Waals surface area contributed by atoms with Crippen molar-refractivity contribution < 1.29 is 18.0 Å². The molecule has 1 heterocycles. The number of amides is 2. The van der Waals surface area contributed by atoms with Crippen LogP contribution in [0.2, 0.25) is 0 Å². The number of alkyl halides is 3. The zero-order valence-corrected chi connectivity index (χ0v) is 11.0. The lowest BCUT2D eigenvalue weighted by atomic mass is 10.1. The zero-order chi connectivity index (χ0) is 14.8. The molecule has 1 atom stereocenters. The summed E-state index contributed by atoms with van der Waals surface area (Å²) in [6, 6.07) is 4.43. The molecule has 0 aliphatic carbocycles. The molecular weight excluding hydrogens is 271 g/mol. The maximum atomic E-state index is 12.8. The van der Waals surface area contributed by atoms with Crippen LogP contribution in [-0.2, 0) is 6.18 Å². The summed E-state index contributed by atoms with van der Waals surface area (Å²) in [6.07, 6.45) is -3.69.